The molecule has 0 heterocycles. The molecule has 0 aromatic heterocycles. The smallest absolute Gasteiger partial charge is 0.416 e. The molecule has 1 atom stereocenters. The second-order valence-electron chi connectivity index (χ2n) is 9.44. The Bertz CT molecular complexity index is 934. The fraction of sp³-hybridized carbons (Fsp3) is 0.462. The second kappa shape index (κ2) is 11.9. The number of carbonyl (C=O) groups is 2. The number of halogens is 3. The molecule has 2 aromatic rings. The molecular weight excluding hydrogens is 445 g/mol. The Morgan fingerprint density at radius 3 is 2.00 bits per heavy atom. The highest BCUT2D eigenvalue weighted by molar-refractivity contribution is 5.85. The molecule has 0 saturated carbocycles. The molecule has 2 rings (SSSR count). The number of hydrogen-bond donors (Lipinski definition) is 2. The summed E-state index contributed by atoms with van der Waals surface area (Å²) in [5.74, 6) is -0.268. The zero-order valence-electron chi connectivity index (χ0n) is 20.1. The third-order valence-electron chi connectivity index (χ3n) is 5.03. The van der Waals surface area contributed by atoms with E-state index in [0.717, 1.165) is 29.7 Å². The zero-order valence-corrected chi connectivity index (χ0v) is 20.1. The molecule has 2 amide bonds. The molecule has 0 aliphatic rings. The van der Waals surface area contributed by atoms with Crippen LogP contribution in [-0.4, -0.2) is 31.2 Å². The van der Waals surface area contributed by atoms with E-state index in [0.29, 0.717) is 24.9 Å². The van der Waals surface area contributed by atoms with Crippen LogP contribution in [0.3, 0.4) is 0 Å². The van der Waals surface area contributed by atoms with E-state index in [-0.39, 0.29) is 17.9 Å². The maximum Gasteiger partial charge on any atom is 0.416 e. The van der Waals surface area contributed by atoms with E-state index >= 15 is 0 Å². The van der Waals surface area contributed by atoms with Gasteiger partial charge in [0.1, 0.15) is 6.04 Å². The monoisotopic (exact) mass is 478 g/mol. The molecule has 0 saturated heterocycles. The molecule has 0 aliphatic heterocycles. The van der Waals surface area contributed by atoms with E-state index in [9.17, 15) is 22.8 Å². The van der Waals surface area contributed by atoms with E-state index in [2.05, 4.69) is 10.6 Å². The maximum atomic E-state index is 12.7. The maximum absolute atomic E-state index is 12.7. The number of ether oxygens (including phenoxy) is 1. The number of carbonyl (C=O) groups excluding carboxylic acids is 2. The molecule has 0 spiro atoms. The van der Waals surface area contributed by atoms with Crippen molar-refractivity contribution in [3.8, 4) is 11.1 Å². The normalized spacial score (nSPS) is 12.7. The molecule has 0 unspecified atom stereocenters. The van der Waals surface area contributed by atoms with Crippen LogP contribution in [0.1, 0.15) is 51.7 Å². The first-order chi connectivity index (χ1) is 15.9. The van der Waals surface area contributed by atoms with Crippen molar-refractivity contribution in [2.24, 2.45) is 5.41 Å². The molecule has 0 fully saturated rings. The zero-order chi connectivity index (χ0) is 25.4. The molecule has 0 radical (unpaired) electrons. The summed E-state index contributed by atoms with van der Waals surface area (Å²) in [4.78, 5) is 24.6. The molecule has 186 valence electrons. The van der Waals surface area contributed by atoms with Gasteiger partial charge < -0.3 is 15.4 Å². The summed E-state index contributed by atoms with van der Waals surface area (Å²) in [5.41, 5.74) is 1.63. The summed E-state index contributed by atoms with van der Waals surface area (Å²) in [6, 6.07) is 11.8. The number of nitrogens with one attached hydrogen (secondary N) is 2. The van der Waals surface area contributed by atoms with Gasteiger partial charge in [0, 0.05) is 6.54 Å². The van der Waals surface area contributed by atoms with Crippen LogP contribution in [0.5, 0.6) is 0 Å². The van der Waals surface area contributed by atoms with E-state index < -0.39 is 23.9 Å². The Kier molecular flexibility index (Phi) is 9.53. The van der Waals surface area contributed by atoms with Crippen molar-refractivity contribution in [2.45, 2.75) is 59.2 Å². The quantitative estimate of drug-likeness (QED) is 0.467. The third kappa shape index (κ3) is 9.08. The lowest BCUT2D eigenvalue weighted by Crippen LogP contribution is -2.47. The van der Waals surface area contributed by atoms with Gasteiger partial charge in [-0.3, -0.25) is 4.79 Å². The fourth-order valence-corrected chi connectivity index (χ4v) is 3.19. The van der Waals surface area contributed by atoms with Gasteiger partial charge in [0.2, 0.25) is 5.91 Å². The Morgan fingerprint density at radius 1 is 0.941 bits per heavy atom. The number of amides is 2. The van der Waals surface area contributed by atoms with Crippen LogP contribution >= 0.6 is 0 Å². The van der Waals surface area contributed by atoms with Gasteiger partial charge in [0.05, 0.1) is 12.2 Å². The summed E-state index contributed by atoms with van der Waals surface area (Å²) in [7, 11) is 0. The van der Waals surface area contributed by atoms with E-state index in [1.807, 2.05) is 52.0 Å². The van der Waals surface area contributed by atoms with Crippen LogP contribution in [0.4, 0.5) is 18.0 Å². The molecule has 5 nitrogen and oxygen atoms in total. The Morgan fingerprint density at radius 2 is 1.50 bits per heavy atom. The van der Waals surface area contributed by atoms with Gasteiger partial charge in [-0.05, 0) is 47.1 Å². The van der Waals surface area contributed by atoms with Gasteiger partial charge >= 0.3 is 12.3 Å². The average Bonchev–Trinajstić information content (AvgIpc) is 2.77. The van der Waals surface area contributed by atoms with Gasteiger partial charge in [-0.1, -0.05) is 70.5 Å². The van der Waals surface area contributed by atoms with Crippen molar-refractivity contribution in [1.82, 2.24) is 10.6 Å². The molecule has 0 bridgehead atoms. The van der Waals surface area contributed by atoms with Crippen LogP contribution in [0.2, 0.25) is 0 Å². The summed E-state index contributed by atoms with van der Waals surface area (Å²) in [6.45, 7) is 8.42. The largest absolute Gasteiger partial charge is 0.449 e. The van der Waals surface area contributed by atoms with Crippen molar-refractivity contribution in [1.29, 1.82) is 0 Å². The van der Waals surface area contributed by atoms with Crippen molar-refractivity contribution in [2.75, 3.05) is 13.2 Å². The Hall–Kier alpha value is -3.03. The standard InChI is InChI=1S/C26H33F3N2O3/c1-5-6-22(31-24(33)34-17-25(2,3)4)23(32)30-16-15-18-7-9-19(10-8-18)20-11-13-21(14-12-20)26(27,28)29/h7-14,22H,5-6,15-17H2,1-4H3,(H,30,32)(H,31,33)/t22-/m0/s1. The number of alkyl halides is 3. The highest BCUT2D eigenvalue weighted by atomic mass is 19.4. The van der Waals surface area contributed by atoms with Crippen LogP contribution in [0, 0.1) is 5.41 Å². The predicted molar refractivity (Wildman–Crippen MR) is 126 cm³/mol. The number of alkyl carbamates (subject to hydrolysis) is 1. The van der Waals surface area contributed by atoms with Crippen LogP contribution < -0.4 is 10.6 Å². The van der Waals surface area contributed by atoms with Gasteiger partial charge in [0.15, 0.2) is 0 Å². The molecule has 0 aliphatic carbocycles. The first kappa shape index (κ1) is 27.2. The first-order valence-electron chi connectivity index (χ1n) is 11.4. The second-order valence-corrected chi connectivity index (χ2v) is 9.44. The first-order valence-corrected chi connectivity index (χ1v) is 11.4. The van der Waals surface area contributed by atoms with Crippen LogP contribution in [-0.2, 0) is 22.1 Å². The lowest BCUT2D eigenvalue weighted by Gasteiger charge is -2.21. The number of hydrogen-bond acceptors (Lipinski definition) is 3. The van der Waals surface area contributed by atoms with Gasteiger partial charge in [-0.25, -0.2) is 4.79 Å². The van der Waals surface area contributed by atoms with Crippen molar-refractivity contribution in [3.63, 3.8) is 0 Å². The van der Waals surface area contributed by atoms with E-state index in [1.165, 1.54) is 12.1 Å². The number of rotatable bonds is 9. The van der Waals surface area contributed by atoms with Crippen LogP contribution in [0.25, 0.3) is 11.1 Å². The highest BCUT2D eigenvalue weighted by Crippen LogP contribution is 2.31. The molecular formula is C26H33F3N2O3. The van der Waals surface area contributed by atoms with Gasteiger partial charge in [-0.2, -0.15) is 13.2 Å². The molecule has 2 N–H and O–H groups in total. The van der Waals surface area contributed by atoms with Gasteiger partial charge in [-0.15, -0.1) is 0 Å². The third-order valence-corrected chi connectivity index (χ3v) is 5.03. The summed E-state index contributed by atoms with van der Waals surface area (Å²) in [5, 5.41) is 5.48. The fourth-order valence-electron chi connectivity index (χ4n) is 3.19. The minimum absolute atomic E-state index is 0.165. The van der Waals surface area contributed by atoms with Crippen molar-refractivity contribution >= 4 is 12.0 Å². The Balaban J connectivity index is 1.86. The van der Waals surface area contributed by atoms with Crippen molar-refractivity contribution < 1.29 is 27.5 Å². The molecule has 8 heteroatoms. The lowest BCUT2D eigenvalue weighted by molar-refractivity contribution is -0.137. The van der Waals surface area contributed by atoms with E-state index in [4.69, 9.17) is 4.74 Å². The molecule has 34 heavy (non-hydrogen) atoms. The Labute approximate surface area is 199 Å². The minimum atomic E-state index is -4.36. The predicted octanol–water partition coefficient (Wildman–Crippen LogP) is 5.97. The SMILES string of the molecule is CCC[C@H](NC(=O)OCC(C)(C)C)C(=O)NCCc1ccc(-c2ccc(C(F)(F)F)cc2)cc1. The lowest BCUT2D eigenvalue weighted by atomic mass is 9.99. The molecule has 2 aromatic carbocycles. The van der Waals surface area contributed by atoms with E-state index in [1.54, 1.807) is 0 Å². The summed E-state index contributed by atoms with van der Waals surface area (Å²) >= 11 is 0. The topological polar surface area (TPSA) is 67.4 Å². The average molecular weight is 479 g/mol. The summed E-state index contributed by atoms with van der Waals surface area (Å²) < 4.78 is 43.4. The van der Waals surface area contributed by atoms with Crippen LogP contribution in [0.15, 0.2) is 48.5 Å². The summed E-state index contributed by atoms with van der Waals surface area (Å²) in [6.07, 6.45) is -3.17. The minimum Gasteiger partial charge on any atom is -0.449 e. The van der Waals surface area contributed by atoms with Crippen molar-refractivity contribution in [3.05, 3.63) is 59.7 Å². The highest BCUT2D eigenvalue weighted by Gasteiger charge is 2.30. The number of benzene rings is 2. The van der Waals surface area contributed by atoms with Gasteiger partial charge in [0.25, 0.3) is 0 Å².